The maximum absolute atomic E-state index is 13.4. The van der Waals surface area contributed by atoms with Crippen LogP contribution in [0.2, 0.25) is 0 Å². The Balaban J connectivity index is 1.21. The molecular weight excluding hydrogens is 671 g/mol. The van der Waals surface area contributed by atoms with E-state index in [1.54, 1.807) is 6.92 Å². The van der Waals surface area contributed by atoms with Gasteiger partial charge in [0.05, 0.1) is 5.69 Å². The van der Waals surface area contributed by atoms with Crippen LogP contribution in [0.3, 0.4) is 0 Å². The van der Waals surface area contributed by atoms with Crippen LogP contribution in [0.4, 0.5) is 9.93 Å². The predicted octanol–water partition coefficient (Wildman–Crippen LogP) is 0.245. The largest absolute Gasteiger partial charge is 0.504 e. The number of carboxylic acids is 1. The lowest BCUT2D eigenvalue weighted by molar-refractivity contribution is -0.157. The van der Waals surface area contributed by atoms with Crippen molar-refractivity contribution in [2.24, 2.45) is 5.41 Å². The lowest BCUT2D eigenvalue weighted by atomic mass is 9.89. The Morgan fingerprint density at radius 2 is 1.98 bits per heavy atom. The number of aryl methyl sites for hydroxylation is 1. The summed E-state index contributed by atoms with van der Waals surface area (Å²) >= 11 is 4.86. The fourth-order valence-corrected chi connectivity index (χ4v) is 8.67. The molecule has 21 heteroatoms. The van der Waals surface area contributed by atoms with Crippen LogP contribution in [-0.2, 0) is 14.4 Å². The molecule has 45 heavy (non-hydrogen) atoms. The summed E-state index contributed by atoms with van der Waals surface area (Å²) < 4.78 is 0.629. The van der Waals surface area contributed by atoms with Crippen molar-refractivity contribution in [3.8, 4) is 11.5 Å². The SMILES string of the molecule is Cc1nnc(SCC2(C(=O)O)CS[C@@H]3C(NC(=O)C(NC(=O)NNC(=O)c4ccc(O)c(O)c4)c4csc(N)n4)C(=O)N3C2)s1. The fraction of sp³-hybridized carbons (Fsp3) is 0.333. The number of thiazole rings is 1. The minimum atomic E-state index is -1.42. The van der Waals surface area contributed by atoms with Gasteiger partial charge in [0.1, 0.15) is 21.8 Å². The second-order valence-corrected chi connectivity index (χ2v) is 14.3. The minimum Gasteiger partial charge on any atom is -0.504 e. The highest BCUT2D eigenvalue weighted by Gasteiger charge is 2.57. The van der Waals surface area contributed by atoms with Gasteiger partial charge < -0.3 is 36.6 Å². The number of carbonyl (C=O) groups excluding carboxylic acids is 4. The molecule has 1 aromatic carbocycles. The fourth-order valence-electron chi connectivity index (χ4n) is 4.40. The van der Waals surface area contributed by atoms with Crippen LogP contribution < -0.4 is 27.2 Å². The van der Waals surface area contributed by atoms with Crippen LogP contribution in [-0.4, -0.2) is 94.6 Å². The number of nitrogens with zero attached hydrogens (tertiary/aromatic N) is 4. The molecule has 238 valence electrons. The van der Waals surface area contributed by atoms with Gasteiger partial charge in [0.2, 0.25) is 11.8 Å². The van der Waals surface area contributed by atoms with E-state index in [1.165, 1.54) is 51.2 Å². The number of anilines is 1. The second-order valence-electron chi connectivity index (χ2n) is 9.91. The van der Waals surface area contributed by atoms with Crippen molar-refractivity contribution >= 4 is 81.1 Å². The predicted molar refractivity (Wildman–Crippen MR) is 164 cm³/mol. The van der Waals surface area contributed by atoms with Gasteiger partial charge in [0.15, 0.2) is 27.0 Å². The summed E-state index contributed by atoms with van der Waals surface area (Å²) in [7, 11) is 0. The average molecular weight is 696 g/mol. The van der Waals surface area contributed by atoms with Crippen molar-refractivity contribution in [3.05, 3.63) is 39.8 Å². The summed E-state index contributed by atoms with van der Waals surface area (Å²) in [5.41, 5.74) is 8.68. The molecule has 0 aliphatic carbocycles. The van der Waals surface area contributed by atoms with Crippen LogP contribution in [0.5, 0.6) is 11.5 Å². The number of phenolic OH excluding ortho intramolecular Hbond substituents is 2. The Labute approximate surface area is 270 Å². The van der Waals surface area contributed by atoms with Crippen molar-refractivity contribution in [2.75, 3.05) is 23.8 Å². The summed E-state index contributed by atoms with van der Waals surface area (Å²) in [6.07, 6.45) is 0. The van der Waals surface area contributed by atoms with Gasteiger partial charge in [0, 0.05) is 29.0 Å². The highest BCUT2D eigenvalue weighted by atomic mass is 32.2. The van der Waals surface area contributed by atoms with Crippen molar-refractivity contribution in [1.82, 2.24) is 41.6 Å². The molecule has 0 radical (unpaired) electrons. The van der Waals surface area contributed by atoms with Crippen molar-refractivity contribution in [2.45, 2.75) is 28.7 Å². The molecule has 2 aliphatic rings. The molecule has 4 heterocycles. The van der Waals surface area contributed by atoms with Gasteiger partial charge in [-0.15, -0.1) is 33.3 Å². The van der Waals surface area contributed by atoms with E-state index < -0.39 is 64.1 Å². The average Bonchev–Trinajstić information content (AvgIpc) is 3.64. The van der Waals surface area contributed by atoms with Crippen LogP contribution >= 0.6 is 46.2 Å². The molecule has 2 aromatic heterocycles. The lowest BCUT2D eigenvalue weighted by Gasteiger charge is -2.53. The first-order valence-corrected chi connectivity index (χ1v) is 16.6. The number of rotatable bonds is 9. The molecule has 4 atom stereocenters. The standard InChI is InChI=1S/C24H25N9O8S4/c1-9-29-32-23(45-9)44-8-24(20(39)40)6-33-18(38)15(19(33)43-7-24)27-17(37)14(11-5-42-21(25)26-11)28-22(41)31-30-16(36)10-2-3-12(34)13(35)4-10/h2-5,14-15,19,34-35H,6-8H2,1H3,(H2,25,26)(H,27,37)(H,30,36)(H,39,40)(H2,28,31,41)/t14?,15?,19-,24?/m1/s1. The maximum atomic E-state index is 13.4. The minimum absolute atomic E-state index is 0.0544. The van der Waals surface area contributed by atoms with Crippen LogP contribution in [0, 0.1) is 12.3 Å². The van der Waals surface area contributed by atoms with E-state index in [4.69, 9.17) is 5.73 Å². The summed E-state index contributed by atoms with van der Waals surface area (Å²) in [6, 6.07) is -0.141. The molecule has 0 spiro atoms. The van der Waals surface area contributed by atoms with Crippen LogP contribution in [0.1, 0.15) is 27.1 Å². The molecule has 0 bridgehead atoms. The number of urea groups is 1. The number of nitrogens with one attached hydrogen (secondary N) is 4. The number of carboxylic acid groups (broad SMARTS) is 1. The van der Waals surface area contributed by atoms with Crippen LogP contribution in [0.15, 0.2) is 27.9 Å². The zero-order chi connectivity index (χ0) is 32.5. The van der Waals surface area contributed by atoms with Crippen LogP contribution in [0.25, 0.3) is 0 Å². The molecule has 3 unspecified atom stereocenters. The molecule has 5 amide bonds. The highest BCUT2D eigenvalue weighted by molar-refractivity contribution is 8.01. The molecule has 0 saturated carbocycles. The van der Waals surface area contributed by atoms with E-state index in [-0.39, 0.29) is 34.4 Å². The molecule has 2 saturated heterocycles. The monoisotopic (exact) mass is 695 g/mol. The number of thioether (sulfide) groups is 2. The van der Waals surface area contributed by atoms with E-state index in [1.807, 2.05) is 0 Å². The summed E-state index contributed by atoms with van der Waals surface area (Å²) in [4.78, 5) is 69.3. The molecule has 2 aliphatic heterocycles. The number of benzene rings is 1. The molecule has 5 rings (SSSR count). The molecule has 17 nitrogen and oxygen atoms in total. The number of nitrogens with two attached hydrogens (primary N) is 1. The van der Waals surface area contributed by atoms with E-state index in [2.05, 4.69) is 36.7 Å². The Bertz CT molecular complexity index is 1670. The topological polar surface area (TPSA) is 262 Å². The number of fused-ring (bicyclic) bond motifs is 1. The van der Waals surface area contributed by atoms with E-state index >= 15 is 0 Å². The van der Waals surface area contributed by atoms with Gasteiger partial charge in [-0.1, -0.05) is 23.1 Å². The Hall–Kier alpha value is -4.34. The van der Waals surface area contributed by atoms with E-state index in [9.17, 15) is 39.3 Å². The number of amides is 5. The first kappa shape index (κ1) is 32.1. The third kappa shape index (κ3) is 6.84. The maximum Gasteiger partial charge on any atom is 0.334 e. The first-order valence-electron chi connectivity index (χ1n) is 12.9. The Kier molecular flexibility index (Phi) is 9.23. The van der Waals surface area contributed by atoms with Crippen molar-refractivity contribution in [1.29, 1.82) is 0 Å². The number of hydrazine groups is 1. The number of hydrogen-bond donors (Lipinski definition) is 8. The zero-order valence-electron chi connectivity index (χ0n) is 23.0. The van der Waals surface area contributed by atoms with E-state index in [0.29, 0.717) is 4.34 Å². The van der Waals surface area contributed by atoms with Gasteiger partial charge in [-0.2, -0.15) is 0 Å². The lowest BCUT2D eigenvalue weighted by Crippen LogP contribution is -2.74. The quantitative estimate of drug-likeness (QED) is 0.0646. The third-order valence-corrected chi connectivity index (χ3v) is 11.3. The molecule has 3 aromatic rings. The molecular formula is C24H25N9O8S4. The highest BCUT2D eigenvalue weighted by Crippen LogP contribution is 2.44. The number of hydrogen-bond acceptors (Lipinski definition) is 15. The summed E-state index contributed by atoms with van der Waals surface area (Å²) in [6.45, 7) is 1.74. The van der Waals surface area contributed by atoms with Crippen molar-refractivity contribution in [3.63, 3.8) is 0 Å². The Morgan fingerprint density at radius 1 is 1.20 bits per heavy atom. The first-order chi connectivity index (χ1) is 21.4. The zero-order valence-corrected chi connectivity index (χ0v) is 26.3. The Morgan fingerprint density at radius 3 is 2.62 bits per heavy atom. The third-order valence-electron chi connectivity index (χ3n) is 6.78. The number of aromatic nitrogens is 3. The number of aliphatic carboxylic acids is 1. The number of phenols is 2. The number of nitrogen functional groups attached to an aromatic ring is 1. The number of β-lactam (4-membered cyclic amide) rings is 1. The number of aromatic hydroxyl groups is 2. The van der Waals surface area contributed by atoms with Gasteiger partial charge in [-0.25, -0.2) is 15.2 Å². The van der Waals surface area contributed by atoms with E-state index in [0.717, 1.165) is 28.5 Å². The summed E-state index contributed by atoms with van der Waals surface area (Å²) in [5.74, 6) is -3.77. The summed E-state index contributed by atoms with van der Waals surface area (Å²) in [5, 5.41) is 43.8. The number of carbonyl (C=O) groups is 5. The smallest absolute Gasteiger partial charge is 0.334 e. The van der Waals surface area contributed by atoms with Gasteiger partial charge in [-0.3, -0.25) is 24.6 Å². The van der Waals surface area contributed by atoms with Crippen molar-refractivity contribution < 1.29 is 39.3 Å². The second kappa shape index (κ2) is 12.9. The van der Waals surface area contributed by atoms with Gasteiger partial charge in [0.25, 0.3) is 5.91 Å². The van der Waals surface area contributed by atoms with Gasteiger partial charge in [-0.05, 0) is 25.1 Å². The normalized spacial score (nSPS) is 21.2. The van der Waals surface area contributed by atoms with Gasteiger partial charge >= 0.3 is 12.0 Å². The molecule has 9 N–H and O–H groups in total. The molecule has 2 fully saturated rings.